The molecule has 2 fully saturated rings. The van der Waals surface area contributed by atoms with E-state index in [2.05, 4.69) is 27.4 Å². The highest BCUT2D eigenvalue weighted by Gasteiger charge is 2.54. The molecule has 2 saturated carbocycles. The molecule has 1 N–H and O–H groups in total. The van der Waals surface area contributed by atoms with Crippen LogP contribution in [-0.2, 0) is 0 Å². The summed E-state index contributed by atoms with van der Waals surface area (Å²) < 4.78 is 0. The molecular formula is C15H26O. The molecule has 0 bridgehead atoms. The lowest BCUT2D eigenvalue weighted by molar-refractivity contribution is -0.165. The molecule has 0 aromatic carbocycles. The zero-order valence-electron chi connectivity index (χ0n) is 11.1. The van der Waals surface area contributed by atoms with Crippen molar-refractivity contribution in [3.8, 4) is 0 Å². The summed E-state index contributed by atoms with van der Waals surface area (Å²) in [7, 11) is 0. The first-order valence-electron chi connectivity index (χ1n) is 6.77. The second-order valence-corrected chi connectivity index (χ2v) is 6.53. The van der Waals surface area contributed by atoms with E-state index in [1.54, 1.807) is 0 Å². The van der Waals surface area contributed by atoms with Crippen molar-refractivity contribution in [3.63, 3.8) is 0 Å². The summed E-state index contributed by atoms with van der Waals surface area (Å²) >= 11 is 0. The van der Waals surface area contributed by atoms with Gasteiger partial charge in [0.2, 0.25) is 0 Å². The van der Waals surface area contributed by atoms with Gasteiger partial charge in [-0.1, -0.05) is 32.4 Å². The molecule has 2 aliphatic rings. The smallest absolute Gasteiger partial charge is 0.0704 e. The van der Waals surface area contributed by atoms with Gasteiger partial charge in [0, 0.05) is 0 Å². The van der Waals surface area contributed by atoms with Crippen LogP contribution in [0.4, 0.5) is 0 Å². The van der Waals surface area contributed by atoms with Crippen molar-refractivity contribution in [3.05, 3.63) is 12.2 Å². The third-order valence-corrected chi connectivity index (χ3v) is 5.65. The molecule has 0 saturated heterocycles. The third-order valence-electron chi connectivity index (χ3n) is 5.65. The Morgan fingerprint density at radius 3 is 2.62 bits per heavy atom. The largest absolute Gasteiger partial charge is 0.389 e. The fourth-order valence-electron chi connectivity index (χ4n) is 4.01. The summed E-state index contributed by atoms with van der Waals surface area (Å²) in [6.45, 7) is 10.9. The standard InChI is InChI=1S/C15H26O/c1-11(2)13-7-9-15(16)8-5-6-12(3)14(15,4)10-13/h12-13,16H,1,5-10H2,2-4H3/t12-,13-,14+,15+/m1/s1. The average Bonchev–Trinajstić information content (AvgIpc) is 2.20. The van der Waals surface area contributed by atoms with Gasteiger partial charge in [0.05, 0.1) is 5.60 Å². The second-order valence-electron chi connectivity index (χ2n) is 6.53. The number of allylic oxidation sites excluding steroid dienone is 1. The molecule has 0 aliphatic heterocycles. The highest BCUT2D eigenvalue weighted by molar-refractivity contribution is 5.11. The molecular weight excluding hydrogens is 196 g/mol. The molecule has 0 spiro atoms. The van der Waals surface area contributed by atoms with Crippen LogP contribution in [0.25, 0.3) is 0 Å². The van der Waals surface area contributed by atoms with Crippen LogP contribution in [0.3, 0.4) is 0 Å². The molecule has 0 aromatic heterocycles. The predicted octanol–water partition coefficient (Wildman–Crippen LogP) is 3.92. The van der Waals surface area contributed by atoms with Crippen molar-refractivity contribution in [1.82, 2.24) is 0 Å². The van der Waals surface area contributed by atoms with Crippen molar-refractivity contribution in [2.75, 3.05) is 0 Å². The number of aliphatic hydroxyl groups is 1. The maximum atomic E-state index is 10.9. The van der Waals surface area contributed by atoms with E-state index in [1.165, 1.54) is 18.4 Å². The highest BCUT2D eigenvalue weighted by atomic mass is 16.3. The predicted molar refractivity (Wildman–Crippen MR) is 68.2 cm³/mol. The van der Waals surface area contributed by atoms with Crippen molar-refractivity contribution >= 4 is 0 Å². The maximum Gasteiger partial charge on any atom is 0.0704 e. The minimum atomic E-state index is -0.392. The molecule has 0 heterocycles. The summed E-state index contributed by atoms with van der Waals surface area (Å²) in [5.41, 5.74) is 1.03. The molecule has 1 heteroatoms. The first kappa shape index (κ1) is 12.2. The zero-order chi connectivity index (χ0) is 12.0. The molecule has 0 amide bonds. The lowest BCUT2D eigenvalue weighted by Crippen LogP contribution is -2.56. The number of fused-ring (bicyclic) bond motifs is 1. The molecule has 0 radical (unpaired) electrons. The van der Waals surface area contributed by atoms with E-state index in [4.69, 9.17) is 0 Å². The third kappa shape index (κ3) is 1.64. The monoisotopic (exact) mass is 222 g/mol. The van der Waals surface area contributed by atoms with Gasteiger partial charge >= 0.3 is 0 Å². The lowest BCUT2D eigenvalue weighted by Gasteiger charge is -2.57. The SMILES string of the molecule is C=C(C)[C@@H]1CC[C@@]2(O)CCC[C@@H](C)[C@]2(C)C1. The summed E-state index contributed by atoms with van der Waals surface area (Å²) in [5, 5.41) is 10.9. The normalized spacial score (nSPS) is 48.5. The molecule has 92 valence electrons. The first-order chi connectivity index (χ1) is 7.39. The molecule has 0 aromatic rings. The molecule has 4 atom stereocenters. The van der Waals surface area contributed by atoms with Gasteiger partial charge in [-0.3, -0.25) is 0 Å². The van der Waals surface area contributed by atoms with Crippen molar-refractivity contribution < 1.29 is 5.11 Å². The number of rotatable bonds is 1. The van der Waals surface area contributed by atoms with Crippen LogP contribution in [0.15, 0.2) is 12.2 Å². The van der Waals surface area contributed by atoms with Gasteiger partial charge < -0.3 is 5.11 Å². The number of hydrogen-bond donors (Lipinski definition) is 1. The van der Waals surface area contributed by atoms with E-state index in [1.807, 2.05) is 0 Å². The van der Waals surface area contributed by atoms with Crippen LogP contribution in [0.2, 0.25) is 0 Å². The summed E-state index contributed by atoms with van der Waals surface area (Å²) in [5.74, 6) is 1.28. The van der Waals surface area contributed by atoms with Crippen molar-refractivity contribution in [1.29, 1.82) is 0 Å². The van der Waals surface area contributed by atoms with E-state index >= 15 is 0 Å². The van der Waals surface area contributed by atoms with Crippen LogP contribution < -0.4 is 0 Å². The molecule has 2 rings (SSSR count). The van der Waals surface area contributed by atoms with E-state index in [-0.39, 0.29) is 5.41 Å². The van der Waals surface area contributed by atoms with Crippen molar-refractivity contribution in [2.24, 2.45) is 17.3 Å². The molecule has 1 nitrogen and oxygen atoms in total. The van der Waals surface area contributed by atoms with Gasteiger partial charge in [0.25, 0.3) is 0 Å². The van der Waals surface area contributed by atoms with Crippen LogP contribution in [-0.4, -0.2) is 10.7 Å². The van der Waals surface area contributed by atoms with Gasteiger partial charge in [0.15, 0.2) is 0 Å². The van der Waals surface area contributed by atoms with Crippen LogP contribution in [0.5, 0.6) is 0 Å². The second kappa shape index (κ2) is 3.87. The lowest BCUT2D eigenvalue weighted by atomic mass is 9.51. The highest BCUT2D eigenvalue weighted by Crippen LogP contribution is 2.57. The Kier molecular flexibility index (Phi) is 2.94. The summed E-state index contributed by atoms with van der Waals surface area (Å²) in [4.78, 5) is 0. The van der Waals surface area contributed by atoms with Crippen LogP contribution >= 0.6 is 0 Å². The quantitative estimate of drug-likeness (QED) is 0.667. The van der Waals surface area contributed by atoms with Crippen LogP contribution in [0, 0.1) is 17.3 Å². The Morgan fingerprint density at radius 1 is 1.31 bits per heavy atom. The fourth-order valence-corrected chi connectivity index (χ4v) is 4.01. The van der Waals surface area contributed by atoms with E-state index in [9.17, 15) is 5.11 Å². The fraction of sp³-hybridized carbons (Fsp3) is 0.867. The Morgan fingerprint density at radius 2 is 2.00 bits per heavy atom. The average molecular weight is 222 g/mol. The number of hydrogen-bond acceptors (Lipinski definition) is 1. The summed E-state index contributed by atoms with van der Waals surface area (Å²) in [6, 6.07) is 0. The molecule has 0 unspecified atom stereocenters. The van der Waals surface area contributed by atoms with Gasteiger partial charge in [-0.15, -0.1) is 0 Å². The summed E-state index contributed by atoms with van der Waals surface area (Å²) in [6.07, 6.45) is 6.74. The van der Waals surface area contributed by atoms with Gasteiger partial charge in [0.1, 0.15) is 0 Å². The van der Waals surface area contributed by atoms with Gasteiger partial charge in [-0.2, -0.15) is 0 Å². The van der Waals surface area contributed by atoms with E-state index in [0.29, 0.717) is 11.8 Å². The molecule has 2 aliphatic carbocycles. The topological polar surface area (TPSA) is 20.2 Å². The Bertz CT molecular complexity index is 296. The molecule has 16 heavy (non-hydrogen) atoms. The Hall–Kier alpha value is -0.300. The Balaban J connectivity index is 2.26. The van der Waals surface area contributed by atoms with Gasteiger partial charge in [-0.05, 0) is 56.3 Å². The Labute approximate surface area is 99.9 Å². The maximum absolute atomic E-state index is 10.9. The van der Waals surface area contributed by atoms with E-state index < -0.39 is 5.60 Å². The zero-order valence-corrected chi connectivity index (χ0v) is 11.1. The van der Waals surface area contributed by atoms with Crippen LogP contribution in [0.1, 0.15) is 59.3 Å². The first-order valence-corrected chi connectivity index (χ1v) is 6.77. The van der Waals surface area contributed by atoms with Crippen molar-refractivity contribution in [2.45, 2.75) is 64.9 Å². The minimum absolute atomic E-state index is 0.118. The van der Waals surface area contributed by atoms with E-state index in [0.717, 1.165) is 25.7 Å². The minimum Gasteiger partial charge on any atom is -0.389 e. The van der Waals surface area contributed by atoms with Gasteiger partial charge in [-0.25, -0.2) is 0 Å².